The molecule has 0 spiro atoms. The number of carbonyl (C=O) groups excluding carboxylic acids is 1. The van der Waals surface area contributed by atoms with Crippen molar-refractivity contribution < 1.29 is 4.79 Å². The number of thiol groups is 1. The van der Waals surface area contributed by atoms with Gasteiger partial charge < -0.3 is 5.32 Å². The van der Waals surface area contributed by atoms with Crippen molar-refractivity contribution in [2.45, 2.75) is 0 Å². The molecule has 0 radical (unpaired) electrons. The van der Waals surface area contributed by atoms with Crippen molar-refractivity contribution in [3.63, 3.8) is 0 Å². The van der Waals surface area contributed by atoms with E-state index < -0.39 is 0 Å². The molecular formula is C7H7BrN2OS. The van der Waals surface area contributed by atoms with Gasteiger partial charge in [0.25, 0.3) is 0 Å². The van der Waals surface area contributed by atoms with E-state index >= 15 is 0 Å². The molecule has 0 saturated carbocycles. The van der Waals surface area contributed by atoms with Crippen LogP contribution in [0.2, 0.25) is 0 Å². The van der Waals surface area contributed by atoms with Crippen LogP contribution in [-0.2, 0) is 4.79 Å². The lowest BCUT2D eigenvalue weighted by molar-refractivity contribution is -0.113. The first-order chi connectivity index (χ1) is 5.72. The first-order valence-electron chi connectivity index (χ1n) is 3.25. The van der Waals surface area contributed by atoms with E-state index in [2.05, 4.69) is 38.9 Å². The molecule has 1 aromatic heterocycles. The Kier molecular flexibility index (Phi) is 3.55. The molecule has 1 amide bonds. The maximum atomic E-state index is 10.8. The molecule has 0 aliphatic carbocycles. The van der Waals surface area contributed by atoms with Crippen molar-refractivity contribution in [2.24, 2.45) is 0 Å². The van der Waals surface area contributed by atoms with Gasteiger partial charge in [-0.2, -0.15) is 12.6 Å². The minimum Gasteiger partial charge on any atom is -0.310 e. The number of anilines is 1. The summed E-state index contributed by atoms with van der Waals surface area (Å²) < 4.78 is 0.694. The van der Waals surface area contributed by atoms with E-state index in [9.17, 15) is 4.79 Å². The average molecular weight is 247 g/mol. The summed E-state index contributed by atoms with van der Waals surface area (Å²) in [4.78, 5) is 14.9. The number of nitrogens with one attached hydrogen (secondary N) is 1. The lowest BCUT2D eigenvalue weighted by Gasteiger charge is -2.01. The third-order valence-corrected chi connectivity index (χ3v) is 1.86. The number of amides is 1. The predicted molar refractivity (Wildman–Crippen MR) is 54.4 cm³/mol. The Morgan fingerprint density at radius 1 is 1.67 bits per heavy atom. The van der Waals surface area contributed by atoms with Crippen LogP contribution in [0, 0.1) is 0 Å². The lowest BCUT2D eigenvalue weighted by Crippen LogP contribution is -2.13. The van der Waals surface area contributed by atoms with Crippen molar-refractivity contribution >= 4 is 40.3 Å². The molecule has 0 aromatic carbocycles. The topological polar surface area (TPSA) is 42.0 Å². The van der Waals surface area contributed by atoms with Crippen LogP contribution in [0.15, 0.2) is 22.8 Å². The van der Waals surface area contributed by atoms with Crippen molar-refractivity contribution in [1.82, 2.24) is 4.98 Å². The molecule has 1 heterocycles. The molecule has 5 heteroatoms. The monoisotopic (exact) mass is 246 g/mol. The predicted octanol–water partition coefficient (Wildman–Crippen LogP) is 1.71. The highest BCUT2D eigenvalue weighted by Gasteiger charge is 1.99. The summed E-state index contributed by atoms with van der Waals surface area (Å²) in [5.41, 5.74) is 0. The van der Waals surface area contributed by atoms with Crippen LogP contribution in [-0.4, -0.2) is 16.6 Å². The highest BCUT2D eigenvalue weighted by molar-refractivity contribution is 9.10. The highest BCUT2D eigenvalue weighted by Crippen LogP contribution is 2.09. The fourth-order valence-corrected chi connectivity index (χ4v) is 1.08. The van der Waals surface area contributed by atoms with Crippen LogP contribution in [0.5, 0.6) is 0 Å². The number of nitrogens with zero attached hydrogens (tertiary/aromatic N) is 1. The van der Waals surface area contributed by atoms with Gasteiger partial charge in [0, 0.05) is 0 Å². The van der Waals surface area contributed by atoms with Gasteiger partial charge in [-0.1, -0.05) is 6.07 Å². The second-order valence-corrected chi connectivity index (χ2v) is 3.18. The lowest BCUT2D eigenvalue weighted by atomic mass is 10.4. The minimum atomic E-state index is -0.163. The number of hydrogen-bond acceptors (Lipinski definition) is 3. The Hall–Kier alpha value is -0.550. The first-order valence-corrected chi connectivity index (χ1v) is 4.68. The van der Waals surface area contributed by atoms with Crippen LogP contribution in [0.4, 0.5) is 5.82 Å². The van der Waals surface area contributed by atoms with Crippen LogP contribution < -0.4 is 5.32 Å². The molecule has 12 heavy (non-hydrogen) atoms. The third-order valence-electron chi connectivity index (χ3n) is 1.13. The Morgan fingerprint density at radius 3 is 3.00 bits per heavy atom. The number of carbonyl (C=O) groups is 1. The molecule has 0 fully saturated rings. The smallest absolute Gasteiger partial charge is 0.235 e. The minimum absolute atomic E-state index is 0.161. The van der Waals surface area contributed by atoms with Gasteiger partial charge in [-0.3, -0.25) is 4.79 Å². The van der Waals surface area contributed by atoms with Gasteiger partial charge >= 0.3 is 0 Å². The average Bonchev–Trinajstić information content (AvgIpc) is 2.04. The van der Waals surface area contributed by atoms with Crippen LogP contribution in [0.1, 0.15) is 0 Å². The Bertz CT molecular complexity index is 292. The van der Waals surface area contributed by atoms with Crippen molar-refractivity contribution in [2.75, 3.05) is 11.1 Å². The zero-order valence-corrected chi connectivity index (χ0v) is 8.60. The van der Waals surface area contributed by atoms with Gasteiger partial charge in [0.2, 0.25) is 5.91 Å². The van der Waals surface area contributed by atoms with Gasteiger partial charge in [-0.15, -0.1) is 0 Å². The molecule has 0 aliphatic rings. The summed E-state index contributed by atoms with van der Waals surface area (Å²) in [6.45, 7) is 0. The highest BCUT2D eigenvalue weighted by atomic mass is 79.9. The van der Waals surface area contributed by atoms with Gasteiger partial charge in [0.15, 0.2) is 0 Å². The second-order valence-electron chi connectivity index (χ2n) is 2.05. The summed E-state index contributed by atoms with van der Waals surface area (Å²) >= 11 is 7.01. The fourth-order valence-electron chi connectivity index (χ4n) is 0.660. The van der Waals surface area contributed by atoms with E-state index in [-0.39, 0.29) is 11.7 Å². The molecule has 0 unspecified atom stereocenters. The molecule has 0 saturated heterocycles. The molecule has 0 atom stereocenters. The number of halogens is 1. The van der Waals surface area contributed by atoms with E-state index in [1.54, 1.807) is 18.2 Å². The van der Waals surface area contributed by atoms with Crippen molar-refractivity contribution in [3.8, 4) is 0 Å². The summed E-state index contributed by atoms with van der Waals surface area (Å²) in [7, 11) is 0. The molecule has 1 N–H and O–H groups in total. The largest absolute Gasteiger partial charge is 0.310 e. The van der Waals surface area contributed by atoms with E-state index in [1.165, 1.54) is 0 Å². The maximum absolute atomic E-state index is 10.8. The normalized spacial score (nSPS) is 9.50. The Morgan fingerprint density at radius 2 is 2.42 bits per heavy atom. The summed E-state index contributed by atoms with van der Waals surface area (Å²) in [6.07, 6.45) is 0. The first kappa shape index (κ1) is 9.54. The summed E-state index contributed by atoms with van der Waals surface area (Å²) in [5, 5.41) is 2.58. The molecular weight excluding hydrogens is 240 g/mol. The molecule has 1 aromatic rings. The number of pyridine rings is 1. The number of hydrogen-bond donors (Lipinski definition) is 2. The Labute approximate surface area is 84.1 Å². The zero-order chi connectivity index (χ0) is 8.97. The quantitative estimate of drug-likeness (QED) is 0.617. The standard InChI is InChI=1S/C7H7BrN2OS/c8-5-2-1-3-6(9-5)10-7(11)4-12/h1-3,12H,4H2,(H,9,10,11). The molecule has 3 nitrogen and oxygen atoms in total. The summed E-state index contributed by atoms with van der Waals surface area (Å²) in [5.74, 6) is 0.529. The SMILES string of the molecule is O=C(CS)Nc1cccc(Br)n1. The van der Waals surface area contributed by atoms with Crippen molar-refractivity contribution in [3.05, 3.63) is 22.8 Å². The van der Waals surface area contributed by atoms with E-state index in [4.69, 9.17) is 0 Å². The molecule has 0 aliphatic heterocycles. The van der Waals surface area contributed by atoms with E-state index in [0.717, 1.165) is 0 Å². The van der Waals surface area contributed by atoms with E-state index in [1.807, 2.05) is 0 Å². The molecule has 0 bridgehead atoms. The van der Waals surface area contributed by atoms with Crippen LogP contribution in [0.25, 0.3) is 0 Å². The van der Waals surface area contributed by atoms with E-state index in [0.29, 0.717) is 10.4 Å². The molecule has 64 valence electrons. The Balaban J connectivity index is 2.69. The van der Waals surface area contributed by atoms with Gasteiger partial charge in [0.1, 0.15) is 10.4 Å². The van der Waals surface area contributed by atoms with Gasteiger partial charge in [0.05, 0.1) is 5.75 Å². The van der Waals surface area contributed by atoms with Crippen LogP contribution in [0.3, 0.4) is 0 Å². The molecule has 1 rings (SSSR count). The fraction of sp³-hybridized carbons (Fsp3) is 0.143. The van der Waals surface area contributed by atoms with Crippen LogP contribution >= 0.6 is 28.6 Å². The number of aromatic nitrogens is 1. The second kappa shape index (κ2) is 4.47. The summed E-state index contributed by atoms with van der Waals surface area (Å²) in [6, 6.07) is 5.30. The van der Waals surface area contributed by atoms with Gasteiger partial charge in [-0.05, 0) is 28.1 Å². The third kappa shape index (κ3) is 2.83. The number of rotatable bonds is 2. The van der Waals surface area contributed by atoms with Crippen molar-refractivity contribution in [1.29, 1.82) is 0 Å². The van der Waals surface area contributed by atoms with Gasteiger partial charge in [-0.25, -0.2) is 4.98 Å². The zero-order valence-electron chi connectivity index (χ0n) is 6.12. The maximum Gasteiger partial charge on any atom is 0.235 e.